The Morgan fingerprint density at radius 3 is 2.30 bits per heavy atom. The minimum atomic E-state index is 0.185. The molecule has 0 fully saturated rings. The molecule has 10 heavy (non-hydrogen) atoms. The van der Waals surface area contributed by atoms with E-state index in [1.807, 2.05) is 11.8 Å². The molecule has 0 bridgehead atoms. The molecule has 0 heterocycles. The third-order valence-electron chi connectivity index (χ3n) is 1.38. The van der Waals surface area contributed by atoms with Gasteiger partial charge in [0.25, 0.3) is 0 Å². The van der Waals surface area contributed by atoms with Crippen molar-refractivity contribution in [2.75, 3.05) is 5.75 Å². The van der Waals surface area contributed by atoms with Gasteiger partial charge in [-0.15, -0.1) is 11.8 Å². The number of rotatable bonds is 4. The van der Waals surface area contributed by atoms with E-state index in [-0.39, 0.29) is 4.08 Å². The van der Waals surface area contributed by atoms with E-state index in [0.29, 0.717) is 0 Å². The van der Waals surface area contributed by atoms with Crippen LogP contribution in [-0.4, -0.2) is 9.83 Å². The largest absolute Gasteiger partial charge is 0.162 e. The molecule has 0 nitrogen and oxygen atoms in total. The second kappa shape index (κ2) is 4.55. The maximum atomic E-state index is 4.52. The zero-order chi connectivity index (χ0) is 8.20. The van der Waals surface area contributed by atoms with Crippen LogP contribution in [0.2, 0.25) is 0 Å². The second-order valence-electron chi connectivity index (χ2n) is 3.23. The average Bonchev–Trinajstić information content (AvgIpc) is 1.85. The predicted octanol–water partition coefficient (Wildman–Crippen LogP) is 3.43. The van der Waals surface area contributed by atoms with Gasteiger partial charge in [-0.25, -0.2) is 0 Å². The Hall–Kier alpha value is 0.700. The minimum absolute atomic E-state index is 0.185. The molecule has 62 valence electrons. The summed E-state index contributed by atoms with van der Waals surface area (Å²) in [7, 11) is 0. The van der Waals surface area contributed by atoms with Crippen molar-refractivity contribution in [1.82, 2.24) is 0 Å². The molecule has 0 rings (SSSR count). The summed E-state index contributed by atoms with van der Waals surface area (Å²) in [5, 5.41) is 0. The van der Waals surface area contributed by atoms with Gasteiger partial charge < -0.3 is 0 Å². The second-order valence-corrected chi connectivity index (χ2v) is 6.05. The molecular formula is C8H18S2. The van der Waals surface area contributed by atoms with Crippen LogP contribution in [0.5, 0.6) is 0 Å². The molecule has 0 aromatic rings. The summed E-state index contributed by atoms with van der Waals surface area (Å²) in [6, 6.07) is 0. The molecule has 0 aromatic carbocycles. The van der Waals surface area contributed by atoms with Crippen LogP contribution >= 0.6 is 24.4 Å². The summed E-state index contributed by atoms with van der Waals surface area (Å²) in [4.78, 5) is 0. The van der Waals surface area contributed by atoms with E-state index in [0.717, 1.165) is 12.3 Å². The maximum Gasteiger partial charge on any atom is 0.0551 e. The fourth-order valence-electron chi connectivity index (χ4n) is 0.448. The van der Waals surface area contributed by atoms with E-state index < -0.39 is 0 Å². The van der Waals surface area contributed by atoms with E-state index in [9.17, 15) is 0 Å². The van der Waals surface area contributed by atoms with Crippen LogP contribution < -0.4 is 0 Å². The quantitative estimate of drug-likeness (QED) is 0.508. The van der Waals surface area contributed by atoms with Gasteiger partial charge in [0.15, 0.2) is 0 Å². The Morgan fingerprint density at radius 1 is 1.50 bits per heavy atom. The van der Waals surface area contributed by atoms with E-state index >= 15 is 0 Å². The topological polar surface area (TPSA) is 0 Å². The van der Waals surface area contributed by atoms with Crippen molar-refractivity contribution in [3.05, 3.63) is 0 Å². The average molecular weight is 178 g/mol. The fourth-order valence-corrected chi connectivity index (χ4v) is 1.57. The summed E-state index contributed by atoms with van der Waals surface area (Å²) in [5.41, 5.74) is 0. The Balaban J connectivity index is 3.46. The first-order valence-electron chi connectivity index (χ1n) is 3.84. The lowest BCUT2D eigenvalue weighted by Crippen LogP contribution is -2.11. The molecule has 0 saturated heterocycles. The van der Waals surface area contributed by atoms with Gasteiger partial charge in [-0.1, -0.05) is 20.8 Å². The molecular weight excluding hydrogens is 160 g/mol. The van der Waals surface area contributed by atoms with Gasteiger partial charge in [-0.05, 0) is 25.0 Å². The van der Waals surface area contributed by atoms with Crippen molar-refractivity contribution in [2.24, 2.45) is 5.92 Å². The number of thiol groups is 1. The Labute approximate surface area is 74.6 Å². The zero-order valence-corrected chi connectivity index (χ0v) is 9.06. The molecule has 0 N–H and O–H groups in total. The highest BCUT2D eigenvalue weighted by Gasteiger charge is 2.16. The number of hydrogen-bond donors (Lipinski definition) is 1. The third-order valence-corrected chi connectivity index (χ3v) is 3.83. The first-order valence-corrected chi connectivity index (χ1v) is 5.27. The summed E-state index contributed by atoms with van der Waals surface area (Å²) in [5.74, 6) is 2.00. The van der Waals surface area contributed by atoms with Crippen LogP contribution in [0, 0.1) is 5.92 Å². The van der Waals surface area contributed by atoms with Crippen molar-refractivity contribution in [3.63, 3.8) is 0 Å². The van der Waals surface area contributed by atoms with Crippen molar-refractivity contribution in [2.45, 2.75) is 38.2 Å². The Morgan fingerprint density at radius 2 is 2.00 bits per heavy atom. The molecule has 1 atom stereocenters. The number of hydrogen-bond acceptors (Lipinski definition) is 2. The lowest BCUT2D eigenvalue weighted by molar-refractivity contribution is 0.742. The lowest BCUT2D eigenvalue weighted by atomic mass is 10.3. The van der Waals surface area contributed by atoms with Crippen LogP contribution in [0.15, 0.2) is 0 Å². The highest BCUT2D eigenvalue weighted by atomic mass is 32.2. The van der Waals surface area contributed by atoms with Crippen LogP contribution in [0.4, 0.5) is 0 Å². The zero-order valence-electron chi connectivity index (χ0n) is 7.35. The highest BCUT2D eigenvalue weighted by Crippen LogP contribution is 2.33. The molecule has 0 aliphatic rings. The van der Waals surface area contributed by atoms with Crippen molar-refractivity contribution in [3.8, 4) is 0 Å². The van der Waals surface area contributed by atoms with Crippen LogP contribution in [-0.2, 0) is 0 Å². The minimum Gasteiger partial charge on any atom is -0.162 e. The van der Waals surface area contributed by atoms with Crippen molar-refractivity contribution in [1.29, 1.82) is 0 Å². The molecule has 2 heteroatoms. The van der Waals surface area contributed by atoms with E-state index in [4.69, 9.17) is 0 Å². The predicted molar refractivity (Wildman–Crippen MR) is 55.0 cm³/mol. The lowest BCUT2D eigenvalue weighted by Gasteiger charge is -2.21. The summed E-state index contributed by atoms with van der Waals surface area (Å²) in [6.07, 6.45) is 1.13. The molecule has 0 radical (unpaired) electrons. The molecule has 1 unspecified atom stereocenters. The summed E-state index contributed by atoms with van der Waals surface area (Å²) >= 11 is 6.48. The monoisotopic (exact) mass is 178 g/mol. The highest BCUT2D eigenvalue weighted by molar-refractivity contribution is 8.11. The Bertz CT molecular complexity index is 87.3. The SMILES string of the molecule is CCC(C)(S)SCC(C)C. The van der Waals surface area contributed by atoms with Gasteiger partial charge in [-0.2, -0.15) is 12.6 Å². The molecule has 0 aliphatic heterocycles. The van der Waals surface area contributed by atoms with Gasteiger partial charge in [0.1, 0.15) is 0 Å². The van der Waals surface area contributed by atoms with Crippen LogP contribution in [0.25, 0.3) is 0 Å². The van der Waals surface area contributed by atoms with E-state index in [1.54, 1.807) is 0 Å². The molecule has 0 aromatic heterocycles. The van der Waals surface area contributed by atoms with E-state index in [2.05, 4.69) is 40.3 Å². The van der Waals surface area contributed by atoms with Gasteiger partial charge >= 0.3 is 0 Å². The smallest absolute Gasteiger partial charge is 0.0551 e. The normalized spacial score (nSPS) is 17.4. The van der Waals surface area contributed by atoms with Crippen molar-refractivity contribution >= 4 is 24.4 Å². The molecule has 0 spiro atoms. The summed E-state index contributed by atoms with van der Waals surface area (Å²) < 4.78 is 0.185. The van der Waals surface area contributed by atoms with E-state index in [1.165, 1.54) is 5.75 Å². The molecule has 0 saturated carbocycles. The van der Waals surface area contributed by atoms with Gasteiger partial charge in [0, 0.05) is 0 Å². The standard InChI is InChI=1S/C8H18S2/c1-5-8(4,9)10-6-7(2)3/h7,9H,5-6H2,1-4H3. The van der Waals surface area contributed by atoms with Gasteiger partial charge in [0.05, 0.1) is 4.08 Å². The van der Waals surface area contributed by atoms with Gasteiger partial charge in [-0.3, -0.25) is 0 Å². The Kier molecular flexibility index (Phi) is 4.87. The van der Waals surface area contributed by atoms with Crippen LogP contribution in [0.1, 0.15) is 34.1 Å². The molecule has 0 amide bonds. The van der Waals surface area contributed by atoms with Crippen LogP contribution in [0.3, 0.4) is 0 Å². The summed E-state index contributed by atoms with van der Waals surface area (Å²) in [6.45, 7) is 8.85. The third kappa shape index (κ3) is 5.48. The van der Waals surface area contributed by atoms with Crippen molar-refractivity contribution < 1.29 is 0 Å². The van der Waals surface area contributed by atoms with Gasteiger partial charge in [0.2, 0.25) is 0 Å². The molecule has 0 aliphatic carbocycles. The first kappa shape index (κ1) is 10.7. The number of thioether (sulfide) groups is 1. The maximum absolute atomic E-state index is 4.52. The first-order chi connectivity index (χ1) is 4.48. The fraction of sp³-hybridized carbons (Fsp3) is 1.00.